The van der Waals surface area contributed by atoms with Crippen LogP contribution >= 0.6 is 15.6 Å². The highest BCUT2D eigenvalue weighted by molar-refractivity contribution is 7.61. The summed E-state index contributed by atoms with van der Waals surface area (Å²) in [7, 11) is -10.7. The van der Waals surface area contributed by atoms with Gasteiger partial charge in [0.1, 0.15) is 48.5 Å². The number of hydrogen-bond donors (Lipinski definition) is 8. The predicted octanol–water partition coefficient (Wildman–Crippen LogP) is -2.69. The summed E-state index contributed by atoms with van der Waals surface area (Å²) in [6, 6.07) is 0. The topological polar surface area (TPSA) is 318 Å². The zero-order valence-corrected chi connectivity index (χ0v) is 24.2. The number of amides is 1. The smallest absolute Gasteiger partial charge is 0.387 e. The minimum absolute atomic E-state index is 0.0517. The number of imidazole rings is 1. The number of ether oxygens (including phenoxy) is 2. The Kier molecular flexibility index (Phi) is 9.23. The minimum Gasteiger partial charge on any atom is -0.387 e. The van der Waals surface area contributed by atoms with E-state index in [1.165, 1.54) is 28.2 Å². The van der Waals surface area contributed by atoms with Crippen molar-refractivity contribution in [2.75, 3.05) is 18.9 Å². The van der Waals surface area contributed by atoms with Crippen LogP contribution in [-0.4, -0.2) is 117 Å². The lowest BCUT2D eigenvalue weighted by atomic mass is 10.1. The Morgan fingerprint density at radius 3 is 2.16 bits per heavy atom. The molecule has 242 valence electrons. The number of aliphatic hydroxyl groups is 4. The number of anilines is 1. The predicted molar refractivity (Wildman–Crippen MR) is 142 cm³/mol. The number of rotatable bonds is 11. The second kappa shape index (κ2) is 12.5. The number of primary amides is 1. The van der Waals surface area contributed by atoms with Gasteiger partial charge in [-0.2, -0.15) is 4.31 Å². The number of carbonyl (C=O) groups is 1. The van der Waals surface area contributed by atoms with Crippen LogP contribution in [0.1, 0.15) is 12.6 Å². The molecular formula is C21H29N7O14P2. The van der Waals surface area contributed by atoms with Crippen LogP contribution in [0.15, 0.2) is 36.7 Å². The Morgan fingerprint density at radius 2 is 1.55 bits per heavy atom. The maximum atomic E-state index is 12.4. The van der Waals surface area contributed by atoms with Crippen molar-refractivity contribution in [2.24, 2.45) is 5.73 Å². The number of phosphoric acid groups is 2. The van der Waals surface area contributed by atoms with Crippen molar-refractivity contribution in [1.29, 1.82) is 0 Å². The lowest BCUT2D eigenvalue weighted by Crippen LogP contribution is -2.40. The van der Waals surface area contributed by atoms with Crippen molar-refractivity contribution in [3.63, 3.8) is 0 Å². The van der Waals surface area contributed by atoms with E-state index in [2.05, 4.69) is 19.3 Å². The number of nitrogen functional groups attached to an aromatic ring is 1. The van der Waals surface area contributed by atoms with E-state index in [1.54, 1.807) is 6.08 Å². The second-order valence-corrected chi connectivity index (χ2v) is 12.9. The Hall–Kier alpha value is -2.88. The Labute approximate surface area is 247 Å². The average molecular weight is 670 g/mol. The first-order valence-electron chi connectivity index (χ1n) is 12.7. The summed E-state index contributed by atoms with van der Waals surface area (Å²) in [6.45, 7) is -1.79. The number of fused-ring (bicyclic) bond motifs is 1. The molecule has 5 rings (SSSR count). The van der Waals surface area contributed by atoms with Gasteiger partial charge in [-0.3, -0.25) is 18.4 Å². The van der Waals surface area contributed by atoms with Crippen LogP contribution < -0.4 is 11.5 Å². The zero-order valence-electron chi connectivity index (χ0n) is 22.4. The third-order valence-corrected chi connectivity index (χ3v) is 9.48. The van der Waals surface area contributed by atoms with Gasteiger partial charge >= 0.3 is 15.6 Å². The molecule has 3 aliphatic heterocycles. The van der Waals surface area contributed by atoms with Crippen LogP contribution in [0, 0.1) is 0 Å². The van der Waals surface area contributed by atoms with Crippen LogP contribution in [0.2, 0.25) is 0 Å². The second-order valence-electron chi connectivity index (χ2n) is 9.84. The normalized spacial score (nSPS) is 33.3. The van der Waals surface area contributed by atoms with Crippen molar-refractivity contribution >= 4 is 38.5 Å². The average Bonchev–Trinajstić information content (AvgIpc) is 3.61. The number of aliphatic hydroxyl groups excluding tert-OH is 4. The standard InChI is InChI=1S/C21H29N7O14P2/c22-17-12-19(25-7-24-17)28(8-26-12)21-16(32)14(30)11(41-21)6-39-44(36,37)42-43(34,35)38-5-10-13(29)15(31)20(40-10)27-3-1-2-9(4-27)18(23)33/h1,3-4,7-8,10-11,13-16,20-21,29-32H,2,5-6H2,(H2,23,33)(H,34,35)(H,36,37)(H2,22,24,25)/t10-,11-,13-,14-,15-,16-,20-,21-/m1/s1/i5+1,10+1,13+1,15+1,20+1. The van der Waals surface area contributed by atoms with E-state index < -0.39 is 83.8 Å². The van der Waals surface area contributed by atoms with Gasteiger partial charge in [-0.05, 0) is 6.42 Å². The van der Waals surface area contributed by atoms with Gasteiger partial charge in [0.15, 0.2) is 23.9 Å². The summed E-state index contributed by atoms with van der Waals surface area (Å²) in [5.41, 5.74) is 11.6. The number of phosphoric ester groups is 2. The van der Waals surface area contributed by atoms with Crippen molar-refractivity contribution < 1.29 is 67.0 Å². The van der Waals surface area contributed by atoms with Crippen molar-refractivity contribution in [3.05, 3.63) is 36.7 Å². The van der Waals surface area contributed by atoms with Gasteiger partial charge in [0.2, 0.25) is 5.91 Å². The van der Waals surface area contributed by atoms with Crippen molar-refractivity contribution in [1.82, 2.24) is 24.4 Å². The van der Waals surface area contributed by atoms with E-state index >= 15 is 0 Å². The van der Waals surface area contributed by atoms with Crippen LogP contribution in [0.5, 0.6) is 0 Å². The van der Waals surface area contributed by atoms with Gasteiger partial charge in [-0.15, -0.1) is 0 Å². The molecule has 2 aromatic heterocycles. The first kappa shape index (κ1) is 32.5. The van der Waals surface area contributed by atoms with Crippen LogP contribution in [0.25, 0.3) is 11.2 Å². The summed E-state index contributed by atoms with van der Waals surface area (Å²) >= 11 is 0. The van der Waals surface area contributed by atoms with E-state index in [9.17, 15) is 44.1 Å². The first-order valence-corrected chi connectivity index (χ1v) is 15.7. The van der Waals surface area contributed by atoms with Gasteiger partial charge < -0.3 is 56.1 Å². The van der Waals surface area contributed by atoms with E-state index in [0.717, 1.165) is 6.33 Å². The summed E-state index contributed by atoms with van der Waals surface area (Å²) in [6.07, 6.45) is -4.88. The number of allylic oxidation sites excluding steroid dienone is 1. The van der Waals surface area contributed by atoms with Crippen molar-refractivity contribution in [2.45, 2.75) is 55.5 Å². The van der Waals surface area contributed by atoms with Gasteiger partial charge in [0.05, 0.1) is 19.5 Å². The fourth-order valence-electron chi connectivity index (χ4n) is 4.68. The molecular weight excluding hydrogens is 641 g/mol. The fourth-order valence-corrected chi connectivity index (χ4v) is 6.77. The molecule has 0 spiro atoms. The molecule has 2 unspecified atom stereocenters. The fraction of sp³-hybridized carbons (Fsp3) is 0.524. The minimum atomic E-state index is -5.37. The molecule has 2 fully saturated rings. The Morgan fingerprint density at radius 1 is 0.955 bits per heavy atom. The lowest BCUT2D eigenvalue weighted by Gasteiger charge is -2.28. The molecule has 2 saturated heterocycles. The molecule has 44 heavy (non-hydrogen) atoms. The molecule has 5 heterocycles. The molecule has 10 atom stereocenters. The summed E-state index contributed by atoms with van der Waals surface area (Å²) in [4.78, 5) is 44.6. The lowest BCUT2D eigenvalue weighted by molar-refractivity contribution is -0.115. The molecule has 3 aliphatic rings. The molecule has 23 heteroatoms. The van der Waals surface area contributed by atoms with Gasteiger partial charge in [-0.25, -0.2) is 24.1 Å². The summed E-state index contributed by atoms with van der Waals surface area (Å²) in [5, 5.41) is 41.6. The third kappa shape index (κ3) is 6.70. The van der Waals surface area contributed by atoms with E-state index in [1.807, 2.05) is 0 Å². The third-order valence-electron chi connectivity index (χ3n) is 6.88. The highest BCUT2D eigenvalue weighted by Crippen LogP contribution is 2.60. The molecule has 10 N–H and O–H groups in total. The van der Waals surface area contributed by atoms with E-state index in [0.29, 0.717) is 0 Å². The number of hydrogen-bond acceptors (Lipinski definition) is 17. The molecule has 0 radical (unpaired) electrons. The first-order chi connectivity index (χ1) is 20.7. The number of aromatic nitrogens is 4. The molecule has 2 aromatic rings. The number of carbonyl (C=O) groups excluding carboxylic acids is 1. The monoisotopic (exact) mass is 670 g/mol. The zero-order chi connectivity index (χ0) is 32.0. The van der Waals surface area contributed by atoms with Gasteiger partial charge in [0, 0.05) is 18.0 Å². The molecule has 21 nitrogen and oxygen atoms in total. The van der Waals surface area contributed by atoms with Crippen LogP contribution in [0.4, 0.5) is 5.82 Å². The maximum absolute atomic E-state index is 12.4. The SMILES string of the molecule is NC(=O)C1=CN([13C@@H]2O[13C@H]([13CH2]OP(=O)(O)OP(=O)(O)OC[C@H]3O[C@@H](n4cnc5c(N)ncnc54)[C@H](O)[C@@H]3O)[13C@@H](O)[13C@H]2O)C=CC1. The highest BCUT2D eigenvalue weighted by atomic mass is 31.3. The quantitative estimate of drug-likeness (QED) is 0.0891. The molecule has 0 aromatic carbocycles. The number of nitrogens with zero attached hydrogens (tertiary/aromatic N) is 5. The van der Waals surface area contributed by atoms with Gasteiger partial charge in [0.25, 0.3) is 0 Å². The molecule has 0 saturated carbocycles. The molecule has 0 aliphatic carbocycles. The largest absolute Gasteiger partial charge is 0.481 e. The van der Waals surface area contributed by atoms with Gasteiger partial charge in [-0.1, -0.05) is 6.08 Å². The maximum Gasteiger partial charge on any atom is 0.481 e. The number of nitrogens with two attached hydrogens (primary N) is 2. The summed E-state index contributed by atoms with van der Waals surface area (Å²) < 4.78 is 50.8. The highest BCUT2D eigenvalue weighted by Gasteiger charge is 2.48. The van der Waals surface area contributed by atoms with E-state index in [-0.39, 0.29) is 29.0 Å². The summed E-state index contributed by atoms with van der Waals surface area (Å²) in [5.74, 6) is -0.658. The van der Waals surface area contributed by atoms with Crippen molar-refractivity contribution in [3.8, 4) is 0 Å². The van der Waals surface area contributed by atoms with Crippen LogP contribution in [0.3, 0.4) is 0 Å². The molecule has 0 bridgehead atoms. The molecule has 1 amide bonds. The van der Waals surface area contributed by atoms with E-state index in [4.69, 9.17) is 30.0 Å². The van der Waals surface area contributed by atoms with Crippen LogP contribution in [-0.2, 0) is 36.8 Å². The Balaban J connectivity index is 1.15. The Bertz CT molecular complexity index is 1560.